The Morgan fingerprint density at radius 1 is 0.684 bits per heavy atom. The van der Waals surface area contributed by atoms with Gasteiger partial charge in [-0.3, -0.25) is 0 Å². The number of unbranched alkanes of at least 4 members (excludes halogenated alkanes) is 4. The van der Waals surface area contributed by atoms with Gasteiger partial charge >= 0.3 is 0 Å². The van der Waals surface area contributed by atoms with Crippen LogP contribution >= 0.6 is 0 Å². The Morgan fingerprint density at radius 2 is 1.26 bits per heavy atom. The molecule has 0 radical (unpaired) electrons. The molecular weight excluding hydrogens is 230 g/mol. The highest BCUT2D eigenvalue weighted by atomic mass is 14.9. The second kappa shape index (κ2) is 9.80. The third kappa shape index (κ3) is 11.5. The first-order valence-electron chi connectivity index (χ1n) is 8.54. The summed E-state index contributed by atoms with van der Waals surface area (Å²) in [5.74, 6) is 0. The first-order chi connectivity index (χ1) is 8.83. The molecule has 0 aromatic rings. The molecular formula is C18H39N. The predicted octanol–water partition coefficient (Wildman–Crippen LogP) is 5.79. The molecule has 0 heterocycles. The first kappa shape index (κ1) is 19.0. The molecule has 0 aromatic carbocycles. The van der Waals surface area contributed by atoms with Gasteiger partial charge in [-0.15, -0.1) is 0 Å². The fraction of sp³-hybridized carbons (Fsp3) is 1.00. The van der Waals surface area contributed by atoms with Gasteiger partial charge in [-0.25, -0.2) is 0 Å². The minimum atomic E-state index is 0.397. The van der Waals surface area contributed by atoms with Gasteiger partial charge in [-0.2, -0.15) is 0 Å². The molecule has 0 saturated carbocycles. The highest BCUT2D eigenvalue weighted by molar-refractivity contribution is 4.78. The van der Waals surface area contributed by atoms with Crippen LogP contribution in [0.2, 0.25) is 0 Å². The molecule has 0 aliphatic rings. The van der Waals surface area contributed by atoms with Crippen LogP contribution in [-0.2, 0) is 0 Å². The minimum absolute atomic E-state index is 0.397. The Morgan fingerprint density at radius 3 is 1.79 bits per heavy atom. The number of hydrogen-bond acceptors (Lipinski definition) is 1. The van der Waals surface area contributed by atoms with Crippen LogP contribution in [0.15, 0.2) is 0 Å². The van der Waals surface area contributed by atoms with Crippen molar-refractivity contribution in [2.45, 2.75) is 92.9 Å². The van der Waals surface area contributed by atoms with Gasteiger partial charge in [-0.05, 0) is 23.7 Å². The molecule has 0 saturated heterocycles. The SMILES string of the molecule is CCCCCCC(C)(CCCC)CNCC(C)(C)C. The molecule has 1 heteroatoms. The Kier molecular flexibility index (Phi) is 9.78. The van der Waals surface area contributed by atoms with Crippen molar-refractivity contribution in [2.75, 3.05) is 13.1 Å². The smallest absolute Gasteiger partial charge is 0.000539 e. The van der Waals surface area contributed by atoms with Crippen LogP contribution < -0.4 is 5.32 Å². The van der Waals surface area contributed by atoms with E-state index in [0.29, 0.717) is 10.8 Å². The standard InChI is InChI=1S/C18H39N/c1-7-9-11-12-14-18(6,13-10-8-2)16-19-15-17(3,4)5/h19H,7-16H2,1-6H3. The van der Waals surface area contributed by atoms with Crippen molar-refractivity contribution in [2.24, 2.45) is 10.8 Å². The number of nitrogens with one attached hydrogen (secondary N) is 1. The Hall–Kier alpha value is -0.0400. The monoisotopic (exact) mass is 269 g/mol. The van der Waals surface area contributed by atoms with Gasteiger partial charge in [0.1, 0.15) is 0 Å². The Labute approximate surface area is 122 Å². The summed E-state index contributed by atoms with van der Waals surface area (Å²) >= 11 is 0. The molecule has 1 unspecified atom stereocenters. The molecule has 0 aliphatic carbocycles. The fourth-order valence-electron chi connectivity index (χ4n) is 2.62. The van der Waals surface area contributed by atoms with Gasteiger partial charge in [0.15, 0.2) is 0 Å². The normalized spacial score (nSPS) is 15.5. The molecule has 0 aromatic heterocycles. The van der Waals surface area contributed by atoms with Crippen molar-refractivity contribution in [1.82, 2.24) is 5.32 Å². The van der Waals surface area contributed by atoms with Crippen molar-refractivity contribution < 1.29 is 0 Å². The summed E-state index contributed by atoms with van der Waals surface area (Å²) in [5, 5.41) is 3.72. The zero-order chi connectivity index (χ0) is 14.8. The van der Waals surface area contributed by atoms with E-state index in [0.717, 1.165) is 6.54 Å². The molecule has 19 heavy (non-hydrogen) atoms. The maximum atomic E-state index is 3.72. The van der Waals surface area contributed by atoms with Crippen molar-refractivity contribution >= 4 is 0 Å². The van der Waals surface area contributed by atoms with Crippen LogP contribution in [0.5, 0.6) is 0 Å². The average Bonchev–Trinajstić information content (AvgIpc) is 2.31. The lowest BCUT2D eigenvalue weighted by atomic mass is 9.79. The maximum Gasteiger partial charge on any atom is 0.000539 e. The summed E-state index contributed by atoms with van der Waals surface area (Å²) in [6.45, 7) is 16.3. The van der Waals surface area contributed by atoms with E-state index in [4.69, 9.17) is 0 Å². The maximum absolute atomic E-state index is 3.72. The first-order valence-corrected chi connectivity index (χ1v) is 8.54. The molecule has 116 valence electrons. The van der Waals surface area contributed by atoms with Crippen LogP contribution in [0.25, 0.3) is 0 Å². The van der Waals surface area contributed by atoms with E-state index < -0.39 is 0 Å². The summed E-state index contributed by atoms with van der Waals surface area (Å²) in [4.78, 5) is 0. The molecule has 0 spiro atoms. The summed E-state index contributed by atoms with van der Waals surface area (Å²) in [7, 11) is 0. The molecule has 0 aliphatic heterocycles. The quantitative estimate of drug-likeness (QED) is 0.468. The third-order valence-electron chi connectivity index (χ3n) is 3.97. The van der Waals surface area contributed by atoms with E-state index in [9.17, 15) is 0 Å². The lowest BCUT2D eigenvalue weighted by molar-refractivity contribution is 0.229. The van der Waals surface area contributed by atoms with Crippen LogP contribution in [-0.4, -0.2) is 13.1 Å². The van der Waals surface area contributed by atoms with Gasteiger partial charge in [-0.1, -0.05) is 80.1 Å². The van der Waals surface area contributed by atoms with Crippen molar-refractivity contribution in [3.8, 4) is 0 Å². The second-order valence-corrected chi connectivity index (χ2v) is 7.89. The van der Waals surface area contributed by atoms with Crippen LogP contribution in [0.1, 0.15) is 92.9 Å². The van der Waals surface area contributed by atoms with E-state index in [1.165, 1.54) is 57.9 Å². The van der Waals surface area contributed by atoms with Crippen molar-refractivity contribution in [1.29, 1.82) is 0 Å². The molecule has 1 nitrogen and oxygen atoms in total. The van der Waals surface area contributed by atoms with Crippen LogP contribution in [0.3, 0.4) is 0 Å². The zero-order valence-corrected chi connectivity index (χ0v) is 14.6. The van der Waals surface area contributed by atoms with Crippen LogP contribution in [0, 0.1) is 10.8 Å². The van der Waals surface area contributed by atoms with Gasteiger partial charge in [0.25, 0.3) is 0 Å². The van der Waals surface area contributed by atoms with Crippen molar-refractivity contribution in [3.63, 3.8) is 0 Å². The van der Waals surface area contributed by atoms with E-state index in [-0.39, 0.29) is 0 Å². The van der Waals surface area contributed by atoms with E-state index in [2.05, 4.69) is 46.9 Å². The topological polar surface area (TPSA) is 12.0 Å². The third-order valence-corrected chi connectivity index (χ3v) is 3.97. The highest BCUT2D eigenvalue weighted by Crippen LogP contribution is 2.30. The molecule has 0 amide bonds. The van der Waals surface area contributed by atoms with Gasteiger partial charge < -0.3 is 5.32 Å². The second-order valence-electron chi connectivity index (χ2n) is 7.89. The summed E-state index contributed by atoms with van der Waals surface area (Å²) in [6, 6.07) is 0. The predicted molar refractivity (Wildman–Crippen MR) is 88.7 cm³/mol. The van der Waals surface area contributed by atoms with Gasteiger partial charge in [0.2, 0.25) is 0 Å². The van der Waals surface area contributed by atoms with Crippen molar-refractivity contribution in [3.05, 3.63) is 0 Å². The Bertz CT molecular complexity index is 204. The molecule has 0 fully saturated rings. The number of rotatable bonds is 11. The van der Waals surface area contributed by atoms with Gasteiger partial charge in [0, 0.05) is 13.1 Å². The lowest BCUT2D eigenvalue weighted by Gasteiger charge is -2.32. The van der Waals surface area contributed by atoms with Crippen LogP contribution in [0.4, 0.5) is 0 Å². The number of hydrogen-bond donors (Lipinski definition) is 1. The highest BCUT2D eigenvalue weighted by Gasteiger charge is 2.23. The van der Waals surface area contributed by atoms with E-state index in [1.54, 1.807) is 0 Å². The zero-order valence-electron chi connectivity index (χ0n) is 14.6. The summed E-state index contributed by atoms with van der Waals surface area (Å²) < 4.78 is 0. The van der Waals surface area contributed by atoms with Gasteiger partial charge in [0.05, 0.1) is 0 Å². The summed E-state index contributed by atoms with van der Waals surface area (Å²) in [6.07, 6.45) is 11.0. The minimum Gasteiger partial charge on any atom is -0.316 e. The molecule has 0 rings (SSSR count). The molecule has 1 N–H and O–H groups in total. The largest absolute Gasteiger partial charge is 0.316 e. The summed E-state index contributed by atoms with van der Waals surface area (Å²) in [5.41, 5.74) is 0.906. The molecule has 1 atom stereocenters. The van der Waals surface area contributed by atoms with E-state index >= 15 is 0 Å². The Balaban J connectivity index is 4.09. The lowest BCUT2D eigenvalue weighted by Crippen LogP contribution is -2.36. The average molecular weight is 270 g/mol. The molecule has 0 bridgehead atoms. The fourth-order valence-corrected chi connectivity index (χ4v) is 2.62. The van der Waals surface area contributed by atoms with E-state index in [1.807, 2.05) is 0 Å².